The van der Waals surface area contributed by atoms with E-state index < -0.39 is 18.4 Å². The standard InChI is InChI=1S/C75H141NO8/c1-6-8-10-12-14-16-18-20-22-24-26-28-30-32-34-35-36-37-38-39-40-42-44-46-48-50-52-54-56-58-60-62-64-66-73(78)84-71(70-83-75(74(79)80)81-68-67-76(3,4)5)69-82-72(77)65-63-61-59-57-55-53-51-49-47-45-43-41-33-31-29-27-25-23-21-19-17-15-13-11-9-7-2/h18,20,24,26,30,32,71,75H,6-17,19,21-23,25,27-29,31,33-70H2,1-5H3/p+1/b20-18-,26-24-,32-30-. The first kappa shape index (κ1) is 81.5. The molecule has 0 heterocycles. The van der Waals surface area contributed by atoms with Crippen molar-refractivity contribution in [2.75, 3.05) is 47.5 Å². The topological polar surface area (TPSA) is 108 Å². The molecule has 0 amide bonds. The van der Waals surface area contributed by atoms with Crippen molar-refractivity contribution in [1.29, 1.82) is 0 Å². The molecule has 0 aromatic rings. The Morgan fingerprint density at radius 2 is 0.643 bits per heavy atom. The summed E-state index contributed by atoms with van der Waals surface area (Å²) in [7, 11) is 5.99. The number of esters is 2. The summed E-state index contributed by atoms with van der Waals surface area (Å²) in [5.41, 5.74) is 0. The van der Waals surface area contributed by atoms with Crippen LogP contribution < -0.4 is 0 Å². The molecule has 0 spiro atoms. The summed E-state index contributed by atoms with van der Waals surface area (Å²) in [4.78, 5) is 37.6. The summed E-state index contributed by atoms with van der Waals surface area (Å²) in [6, 6.07) is 0. The number of nitrogens with zero attached hydrogens (tertiary/aromatic N) is 1. The molecule has 84 heavy (non-hydrogen) atoms. The molecule has 494 valence electrons. The molecular weight excluding hydrogens is 1040 g/mol. The molecule has 0 aromatic carbocycles. The number of ether oxygens (including phenoxy) is 4. The Bertz CT molecular complexity index is 1470. The fourth-order valence-electron chi connectivity index (χ4n) is 11.0. The van der Waals surface area contributed by atoms with Crippen LogP contribution in [-0.4, -0.2) is 87.4 Å². The summed E-state index contributed by atoms with van der Waals surface area (Å²) in [5, 5.41) is 9.75. The highest BCUT2D eigenvalue weighted by Crippen LogP contribution is 2.19. The highest BCUT2D eigenvalue weighted by molar-refractivity contribution is 5.71. The number of hydrogen-bond acceptors (Lipinski definition) is 7. The Kier molecular flexibility index (Phi) is 64.5. The number of carbonyl (C=O) groups is 3. The van der Waals surface area contributed by atoms with Crippen LogP contribution >= 0.6 is 0 Å². The summed E-state index contributed by atoms with van der Waals surface area (Å²) >= 11 is 0. The van der Waals surface area contributed by atoms with Gasteiger partial charge < -0.3 is 28.5 Å². The first-order chi connectivity index (χ1) is 41.1. The van der Waals surface area contributed by atoms with Gasteiger partial charge in [0.05, 0.1) is 34.4 Å². The second-order valence-electron chi connectivity index (χ2n) is 26.3. The Labute approximate surface area is 521 Å². The van der Waals surface area contributed by atoms with Crippen LogP contribution in [0.1, 0.15) is 367 Å². The number of carboxylic acid groups (broad SMARTS) is 1. The van der Waals surface area contributed by atoms with E-state index in [2.05, 4.69) is 50.3 Å². The molecule has 1 N–H and O–H groups in total. The molecule has 0 radical (unpaired) electrons. The fraction of sp³-hybridized carbons (Fsp3) is 0.880. The zero-order valence-corrected chi connectivity index (χ0v) is 56.6. The first-order valence-electron chi connectivity index (χ1n) is 36.7. The van der Waals surface area contributed by atoms with Gasteiger partial charge in [0.2, 0.25) is 0 Å². The van der Waals surface area contributed by atoms with E-state index in [1.165, 1.54) is 289 Å². The van der Waals surface area contributed by atoms with Crippen molar-refractivity contribution in [1.82, 2.24) is 0 Å². The third-order valence-electron chi connectivity index (χ3n) is 16.6. The van der Waals surface area contributed by atoms with Crippen molar-refractivity contribution < 1.29 is 42.9 Å². The lowest BCUT2D eigenvalue weighted by molar-refractivity contribution is -0.870. The normalized spacial score (nSPS) is 12.8. The Morgan fingerprint density at radius 3 is 0.952 bits per heavy atom. The minimum atomic E-state index is -1.51. The predicted molar refractivity (Wildman–Crippen MR) is 360 cm³/mol. The lowest BCUT2D eigenvalue weighted by Gasteiger charge is -2.25. The molecule has 0 aliphatic carbocycles. The minimum Gasteiger partial charge on any atom is -0.477 e. The van der Waals surface area contributed by atoms with E-state index >= 15 is 0 Å². The minimum absolute atomic E-state index is 0.175. The number of aliphatic carboxylic acids is 1. The van der Waals surface area contributed by atoms with Crippen molar-refractivity contribution in [3.05, 3.63) is 36.5 Å². The van der Waals surface area contributed by atoms with Crippen LogP contribution in [0.5, 0.6) is 0 Å². The van der Waals surface area contributed by atoms with Crippen LogP contribution in [0.25, 0.3) is 0 Å². The molecule has 2 unspecified atom stereocenters. The lowest BCUT2D eigenvalue weighted by atomic mass is 10.0. The molecule has 0 aromatic heterocycles. The van der Waals surface area contributed by atoms with Gasteiger partial charge in [-0.15, -0.1) is 0 Å². The average Bonchev–Trinajstić information content (AvgIpc) is 3.51. The van der Waals surface area contributed by atoms with Crippen molar-refractivity contribution in [3.63, 3.8) is 0 Å². The maximum Gasteiger partial charge on any atom is 0.361 e. The van der Waals surface area contributed by atoms with Crippen LogP contribution in [0.15, 0.2) is 36.5 Å². The largest absolute Gasteiger partial charge is 0.477 e. The van der Waals surface area contributed by atoms with Gasteiger partial charge in [-0.2, -0.15) is 0 Å². The predicted octanol–water partition coefficient (Wildman–Crippen LogP) is 22.8. The van der Waals surface area contributed by atoms with E-state index in [-0.39, 0.29) is 38.2 Å². The second-order valence-corrected chi connectivity index (χ2v) is 26.3. The molecule has 9 nitrogen and oxygen atoms in total. The third kappa shape index (κ3) is 67.0. The molecule has 0 aliphatic rings. The van der Waals surface area contributed by atoms with E-state index in [0.29, 0.717) is 17.4 Å². The van der Waals surface area contributed by atoms with Gasteiger partial charge in [0.1, 0.15) is 13.2 Å². The lowest BCUT2D eigenvalue weighted by Crippen LogP contribution is -2.40. The third-order valence-corrected chi connectivity index (χ3v) is 16.6. The number of carbonyl (C=O) groups excluding carboxylic acids is 2. The number of unbranched alkanes of at least 4 members (excludes halogenated alkanes) is 48. The molecule has 0 saturated heterocycles. The molecule has 0 fully saturated rings. The first-order valence-corrected chi connectivity index (χ1v) is 36.7. The van der Waals surface area contributed by atoms with Gasteiger partial charge in [0.15, 0.2) is 6.10 Å². The maximum atomic E-state index is 13.0. The summed E-state index contributed by atoms with van der Waals surface area (Å²) in [6.45, 7) is 4.94. The Balaban J connectivity index is 4.04. The number of quaternary nitrogens is 1. The number of hydrogen-bond donors (Lipinski definition) is 1. The number of rotatable bonds is 69. The zero-order chi connectivity index (χ0) is 61.2. The van der Waals surface area contributed by atoms with Gasteiger partial charge in [-0.1, -0.05) is 339 Å². The van der Waals surface area contributed by atoms with E-state index in [9.17, 15) is 19.5 Å². The Morgan fingerprint density at radius 1 is 0.357 bits per heavy atom. The highest BCUT2D eigenvalue weighted by atomic mass is 16.7. The smallest absolute Gasteiger partial charge is 0.361 e. The van der Waals surface area contributed by atoms with Gasteiger partial charge in [0, 0.05) is 12.8 Å². The van der Waals surface area contributed by atoms with Crippen molar-refractivity contribution in [3.8, 4) is 0 Å². The fourth-order valence-corrected chi connectivity index (χ4v) is 11.0. The molecule has 9 heteroatoms. The van der Waals surface area contributed by atoms with E-state index in [4.69, 9.17) is 18.9 Å². The van der Waals surface area contributed by atoms with E-state index in [0.717, 1.165) is 51.4 Å². The summed E-state index contributed by atoms with van der Waals surface area (Å²) in [5.74, 6) is -1.97. The van der Waals surface area contributed by atoms with Gasteiger partial charge in [0.25, 0.3) is 6.29 Å². The van der Waals surface area contributed by atoms with Crippen LogP contribution in [0.4, 0.5) is 0 Å². The van der Waals surface area contributed by atoms with Gasteiger partial charge in [-0.25, -0.2) is 4.79 Å². The number of likely N-dealkylation sites (N-methyl/N-ethyl adjacent to an activating group) is 1. The van der Waals surface area contributed by atoms with Crippen LogP contribution in [0.2, 0.25) is 0 Å². The number of allylic oxidation sites excluding steroid dienone is 6. The Hall–Kier alpha value is -2.49. The van der Waals surface area contributed by atoms with E-state index in [1.807, 2.05) is 21.1 Å². The van der Waals surface area contributed by atoms with Crippen molar-refractivity contribution >= 4 is 17.9 Å². The zero-order valence-electron chi connectivity index (χ0n) is 56.6. The molecule has 2 atom stereocenters. The van der Waals surface area contributed by atoms with Gasteiger partial charge >= 0.3 is 17.9 Å². The quantitative estimate of drug-likeness (QED) is 0.0211. The van der Waals surface area contributed by atoms with Gasteiger partial charge in [-0.3, -0.25) is 9.59 Å². The summed E-state index contributed by atoms with van der Waals surface area (Å²) in [6.07, 6.45) is 81.3. The van der Waals surface area contributed by atoms with E-state index in [1.54, 1.807) is 0 Å². The maximum absolute atomic E-state index is 13.0. The van der Waals surface area contributed by atoms with Crippen molar-refractivity contribution in [2.45, 2.75) is 379 Å². The molecule has 0 bridgehead atoms. The van der Waals surface area contributed by atoms with Gasteiger partial charge in [-0.05, 0) is 51.4 Å². The average molecular weight is 1190 g/mol. The monoisotopic (exact) mass is 1190 g/mol. The molecule has 0 saturated carbocycles. The SMILES string of the molecule is CCCCCCC/C=C\C/C=C\C/C=C\CCCCCCCCCCCCCCCCCCCCC(=O)OC(COC(=O)CCCCCCCCCCCCCCCCCCCCCCCCCCCC)COC(OCC[N+](C)(C)C)C(=O)O. The summed E-state index contributed by atoms with van der Waals surface area (Å²) < 4.78 is 23.0. The van der Waals surface area contributed by atoms with Crippen molar-refractivity contribution in [2.24, 2.45) is 0 Å². The van der Waals surface area contributed by atoms with Crippen LogP contribution in [0, 0.1) is 0 Å². The second kappa shape index (κ2) is 66.5. The number of carboxylic acids is 1. The molecular formula is C75H142NO8+. The molecule has 0 aliphatic heterocycles. The van der Waals surface area contributed by atoms with Crippen LogP contribution in [0.3, 0.4) is 0 Å². The van der Waals surface area contributed by atoms with Crippen LogP contribution in [-0.2, 0) is 33.3 Å². The molecule has 0 rings (SSSR count). The highest BCUT2D eigenvalue weighted by Gasteiger charge is 2.25.